The first-order chi connectivity index (χ1) is 28.6. The molecule has 0 aromatic heterocycles. The molecule has 0 aromatic rings. The van der Waals surface area contributed by atoms with E-state index in [1.165, 1.54) is 57.8 Å². The van der Waals surface area contributed by atoms with E-state index in [9.17, 15) is 19.2 Å². The molecule has 0 radical (unpaired) electrons. The molecule has 0 amide bonds. The quantitative estimate of drug-likeness (QED) is 0.139. The Kier molecular flexibility index (Phi) is 16.3. The van der Waals surface area contributed by atoms with Gasteiger partial charge in [-0.15, -0.1) is 0 Å². The molecule has 4 N–H and O–H groups in total. The fourth-order valence-electron chi connectivity index (χ4n) is 15.1. The largest absolute Gasteiger partial charge is 0.481 e. The number of hydrogen-bond donors (Lipinski definition) is 4. The highest BCUT2D eigenvalue weighted by molar-refractivity contribution is 5.86. The number of hydrogen-bond acceptors (Lipinski definition) is 8. The molecule has 0 bridgehead atoms. The highest BCUT2D eigenvalue weighted by Crippen LogP contribution is 2.68. The van der Waals surface area contributed by atoms with Gasteiger partial charge in [0.05, 0.1) is 24.7 Å². The number of carboxylic acids is 4. The van der Waals surface area contributed by atoms with Crippen LogP contribution in [0.2, 0.25) is 0 Å². The van der Waals surface area contributed by atoms with Crippen molar-refractivity contribution in [3.8, 4) is 0 Å². The van der Waals surface area contributed by atoms with Gasteiger partial charge in [0.1, 0.15) is 0 Å². The Morgan fingerprint density at radius 1 is 0.438 bits per heavy atom. The van der Waals surface area contributed by atoms with Crippen LogP contribution in [-0.4, -0.2) is 136 Å². The average Bonchev–Trinajstić information content (AvgIpc) is 3.09. The molecule has 4 rings (SSSR count). The number of rotatable bonds is 13. The van der Waals surface area contributed by atoms with Crippen LogP contribution in [-0.2, 0) is 19.2 Å². The van der Waals surface area contributed by atoms with E-state index in [-0.39, 0.29) is 49.7 Å². The van der Waals surface area contributed by atoms with E-state index in [0.717, 1.165) is 5.92 Å². The zero-order valence-corrected chi connectivity index (χ0v) is 44.5. The van der Waals surface area contributed by atoms with E-state index in [1.807, 2.05) is 0 Å². The Hall–Kier alpha value is -2.28. The Bertz CT molecular complexity index is 1490. The standard InChI is InChI=1S/C44H86N4.C8H10O8/c1-22-35(31-23-36(2,3)45(18)37(4,5)24-31)44(32-25-38(6,7)46(19)39(8,9)26-32,33-27-40(10,11)47(20)41(12,13)28-33)34-29-42(14,15)48(21)43(16,17)30-34;9-5(10)1-3(7(13)14)4(8(15)16)2-6(11)12/h31-35H,22-30H2,1-21H3;3-4H,1-2H2,(H,9,10)(H,11,12)(H,13,14)(H,15,16). The molecule has 4 saturated heterocycles. The van der Waals surface area contributed by atoms with Crippen LogP contribution >= 0.6 is 0 Å². The van der Waals surface area contributed by atoms with Crippen LogP contribution in [0.3, 0.4) is 0 Å². The summed E-state index contributed by atoms with van der Waals surface area (Å²) >= 11 is 0. The summed E-state index contributed by atoms with van der Waals surface area (Å²) in [5.41, 5.74) is 1.59. The monoisotopic (exact) mass is 905 g/mol. The van der Waals surface area contributed by atoms with Crippen molar-refractivity contribution in [1.82, 2.24) is 19.6 Å². The van der Waals surface area contributed by atoms with E-state index in [2.05, 4.69) is 165 Å². The first kappa shape index (κ1) is 56.0. The molecule has 0 aromatic carbocycles. The van der Waals surface area contributed by atoms with Crippen LogP contribution in [0.5, 0.6) is 0 Å². The van der Waals surface area contributed by atoms with Crippen LogP contribution in [0.4, 0.5) is 0 Å². The second-order valence-corrected chi connectivity index (χ2v) is 26.3. The molecule has 4 aliphatic rings. The van der Waals surface area contributed by atoms with Crippen molar-refractivity contribution in [2.45, 2.75) is 233 Å². The van der Waals surface area contributed by atoms with Gasteiger partial charge in [0.15, 0.2) is 0 Å². The molecular weight excluding hydrogens is 809 g/mol. The maximum absolute atomic E-state index is 10.6. The van der Waals surface area contributed by atoms with Gasteiger partial charge in [0.2, 0.25) is 0 Å². The number of carbonyl (C=O) groups is 4. The molecule has 12 heteroatoms. The minimum absolute atomic E-state index is 0.161. The first-order valence-electron chi connectivity index (χ1n) is 24.4. The van der Waals surface area contributed by atoms with Crippen molar-refractivity contribution in [3.05, 3.63) is 0 Å². The van der Waals surface area contributed by atoms with Gasteiger partial charge in [-0.1, -0.05) is 13.3 Å². The van der Waals surface area contributed by atoms with Crippen LogP contribution < -0.4 is 0 Å². The number of aliphatic carboxylic acids is 4. The molecule has 0 spiro atoms. The maximum atomic E-state index is 10.6. The molecule has 4 heterocycles. The molecule has 4 aliphatic heterocycles. The third-order valence-corrected chi connectivity index (χ3v) is 18.9. The molecule has 4 fully saturated rings. The zero-order valence-electron chi connectivity index (χ0n) is 44.5. The van der Waals surface area contributed by atoms with Gasteiger partial charge in [0.25, 0.3) is 0 Å². The number of likely N-dealkylation sites (tertiary alicyclic amines) is 4. The summed E-state index contributed by atoms with van der Waals surface area (Å²) < 4.78 is 0. The summed E-state index contributed by atoms with van der Waals surface area (Å²) in [4.78, 5) is 52.9. The van der Waals surface area contributed by atoms with E-state index in [4.69, 9.17) is 20.4 Å². The summed E-state index contributed by atoms with van der Waals surface area (Å²) in [5, 5.41) is 34.1. The lowest BCUT2D eigenvalue weighted by Crippen LogP contribution is -2.70. The second kappa shape index (κ2) is 18.7. The minimum atomic E-state index is -1.76. The smallest absolute Gasteiger partial charge is 0.307 e. The summed E-state index contributed by atoms with van der Waals surface area (Å²) in [5.74, 6) is -6.31. The van der Waals surface area contributed by atoms with Gasteiger partial charge >= 0.3 is 23.9 Å². The Balaban J connectivity index is 0.000000577. The number of carboxylic acid groups (broad SMARTS) is 4. The van der Waals surface area contributed by atoms with Crippen molar-refractivity contribution in [2.75, 3.05) is 28.2 Å². The second-order valence-electron chi connectivity index (χ2n) is 26.3. The Morgan fingerprint density at radius 3 is 0.812 bits per heavy atom. The van der Waals surface area contributed by atoms with Crippen molar-refractivity contribution in [1.29, 1.82) is 0 Å². The van der Waals surface area contributed by atoms with E-state index in [1.54, 1.807) is 0 Å². The molecule has 0 aliphatic carbocycles. The fourth-order valence-corrected chi connectivity index (χ4v) is 15.1. The van der Waals surface area contributed by atoms with Crippen LogP contribution in [0, 0.1) is 46.8 Å². The van der Waals surface area contributed by atoms with Crippen LogP contribution in [0.25, 0.3) is 0 Å². The molecule has 0 saturated carbocycles. The predicted molar refractivity (Wildman–Crippen MR) is 258 cm³/mol. The van der Waals surface area contributed by atoms with Crippen molar-refractivity contribution < 1.29 is 39.6 Å². The molecule has 372 valence electrons. The molecule has 64 heavy (non-hydrogen) atoms. The predicted octanol–water partition coefficient (Wildman–Crippen LogP) is 9.93. The number of nitrogens with zero attached hydrogens (tertiary/aromatic N) is 4. The van der Waals surface area contributed by atoms with Crippen molar-refractivity contribution >= 4 is 23.9 Å². The summed E-state index contributed by atoms with van der Waals surface area (Å²) in [6.07, 6.45) is 9.91. The molecule has 3 unspecified atom stereocenters. The average molecular weight is 905 g/mol. The third-order valence-electron chi connectivity index (χ3n) is 18.9. The van der Waals surface area contributed by atoms with Gasteiger partial charge in [-0.2, -0.15) is 0 Å². The van der Waals surface area contributed by atoms with E-state index < -0.39 is 48.6 Å². The van der Waals surface area contributed by atoms with E-state index >= 15 is 0 Å². The SMILES string of the molecule is CCC(C1CC(C)(C)N(C)C(C)(C)C1)C(C1CC(C)(C)N(C)C(C)(C)C1)(C1CC(C)(C)N(C)C(C)(C)C1)C1CC(C)(C)N(C)C(C)(C)C1.O=C(O)CC(C(=O)O)C(CC(=O)O)C(=O)O. The van der Waals surface area contributed by atoms with Crippen molar-refractivity contribution in [2.24, 2.45) is 46.8 Å². The van der Waals surface area contributed by atoms with Gasteiger partial charge in [0, 0.05) is 44.3 Å². The Morgan fingerprint density at radius 2 is 0.641 bits per heavy atom. The summed E-state index contributed by atoms with van der Waals surface area (Å²) in [6.45, 7) is 43.8. The van der Waals surface area contributed by atoms with Gasteiger partial charge in [-0.3, -0.25) is 38.8 Å². The maximum Gasteiger partial charge on any atom is 0.307 e. The normalized spacial score (nSPS) is 28.0. The lowest BCUT2D eigenvalue weighted by Gasteiger charge is -2.70. The van der Waals surface area contributed by atoms with Crippen LogP contribution in [0.1, 0.15) is 188 Å². The highest BCUT2D eigenvalue weighted by atomic mass is 16.4. The summed E-state index contributed by atoms with van der Waals surface area (Å²) in [7, 11) is 9.71. The molecule has 12 nitrogen and oxygen atoms in total. The molecule has 3 atom stereocenters. The van der Waals surface area contributed by atoms with Crippen molar-refractivity contribution in [3.63, 3.8) is 0 Å². The zero-order chi connectivity index (χ0) is 49.9. The third kappa shape index (κ3) is 11.2. The highest BCUT2D eigenvalue weighted by Gasteiger charge is 2.66. The van der Waals surface area contributed by atoms with E-state index in [0.29, 0.717) is 23.7 Å². The van der Waals surface area contributed by atoms with Gasteiger partial charge in [-0.25, -0.2) is 0 Å². The van der Waals surface area contributed by atoms with Gasteiger partial charge in [-0.05, 0) is 225 Å². The molecular formula is C52H96N4O8. The van der Waals surface area contributed by atoms with Crippen LogP contribution in [0.15, 0.2) is 0 Å². The lowest BCUT2D eigenvalue weighted by atomic mass is 9.40. The fraction of sp³-hybridized carbons (Fsp3) is 0.923. The Labute approximate surface area is 389 Å². The number of piperidine rings is 4. The summed E-state index contributed by atoms with van der Waals surface area (Å²) in [6, 6.07) is 0. The van der Waals surface area contributed by atoms with Gasteiger partial charge < -0.3 is 20.4 Å². The minimum Gasteiger partial charge on any atom is -0.481 e. The first-order valence-corrected chi connectivity index (χ1v) is 24.4. The lowest BCUT2D eigenvalue weighted by molar-refractivity contribution is -0.209. The topological polar surface area (TPSA) is 162 Å².